The third-order valence-electron chi connectivity index (χ3n) is 21.8. The summed E-state index contributed by atoms with van der Waals surface area (Å²) in [5.41, 5.74) is 1.62. The van der Waals surface area contributed by atoms with Gasteiger partial charge >= 0.3 is 0 Å². The number of ether oxygens (including phenoxy) is 13. The zero-order valence-corrected chi connectivity index (χ0v) is 78.5. The van der Waals surface area contributed by atoms with E-state index in [2.05, 4.69) is 70.3 Å². The van der Waals surface area contributed by atoms with Crippen molar-refractivity contribution in [3.05, 3.63) is 65.2 Å². The highest BCUT2D eigenvalue weighted by Crippen LogP contribution is 2.29. The van der Waals surface area contributed by atoms with E-state index < -0.39 is 159 Å². The Kier molecular flexibility index (Phi) is 57.1. The van der Waals surface area contributed by atoms with Crippen LogP contribution in [-0.2, 0) is 126 Å². The Labute approximate surface area is 797 Å². The molecule has 4 heterocycles. The molecular formula is C91H144N12O34. The molecule has 46 nitrogen and oxygen atoms in total. The van der Waals surface area contributed by atoms with Crippen molar-refractivity contribution in [1.29, 1.82) is 0 Å². The molecule has 2 aromatic rings. The zero-order valence-electron chi connectivity index (χ0n) is 78.5. The molecule has 0 aliphatic carbocycles. The highest BCUT2D eigenvalue weighted by atomic mass is 16.7. The van der Waals surface area contributed by atoms with Gasteiger partial charge in [-0.1, -0.05) is 42.2 Å². The second-order valence-electron chi connectivity index (χ2n) is 33.1. The summed E-state index contributed by atoms with van der Waals surface area (Å²) in [6, 6.07) is 11.7. The summed E-state index contributed by atoms with van der Waals surface area (Å²) >= 11 is 0. The van der Waals surface area contributed by atoms with Crippen molar-refractivity contribution in [1.82, 2.24) is 58.5 Å². The normalized spacial score (nSPS) is 21.7. The molecule has 137 heavy (non-hydrogen) atoms. The number of anilines is 1. The van der Waals surface area contributed by atoms with E-state index in [9.17, 15) is 103 Å². The lowest BCUT2D eigenvalue weighted by Gasteiger charge is -2.42. The first-order chi connectivity index (χ1) is 66.0. The second kappa shape index (κ2) is 67.2. The summed E-state index contributed by atoms with van der Waals surface area (Å²) in [5, 5.41) is 121. The number of rotatable bonds is 70. The molecule has 0 saturated carbocycles. The van der Waals surface area contributed by atoms with Crippen LogP contribution in [0.2, 0.25) is 0 Å². The van der Waals surface area contributed by atoms with E-state index in [1.165, 1.54) is 20.8 Å². The van der Waals surface area contributed by atoms with Gasteiger partial charge in [0.05, 0.1) is 125 Å². The fourth-order valence-electron chi connectivity index (χ4n) is 14.5. The first kappa shape index (κ1) is 116. The van der Waals surface area contributed by atoms with Crippen LogP contribution in [0.3, 0.4) is 0 Å². The number of carbonyl (C=O) groups excluding carboxylic acids is 12. The molecule has 0 radical (unpaired) electrons. The van der Waals surface area contributed by atoms with Gasteiger partial charge < -0.3 is 171 Å². The number of nitrogens with zero attached hydrogens (tertiary/aromatic N) is 1. The number of carbonyl (C=O) groups is 12. The topological polar surface area (TPSA) is 642 Å². The van der Waals surface area contributed by atoms with Crippen molar-refractivity contribution in [2.75, 3.05) is 183 Å². The van der Waals surface area contributed by atoms with Crippen LogP contribution < -0.4 is 63.4 Å². The molecule has 0 bridgehead atoms. The number of fused-ring (bicyclic) bond motifs is 2. The summed E-state index contributed by atoms with van der Waals surface area (Å²) in [6.45, 7) is 3.51. The number of amides is 12. The van der Waals surface area contributed by atoms with Crippen LogP contribution in [0.15, 0.2) is 48.5 Å². The van der Waals surface area contributed by atoms with E-state index >= 15 is 0 Å². The van der Waals surface area contributed by atoms with Crippen LogP contribution in [0.1, 0.15) is 153 Å². The average Bonchev–Trinajstić information content (AvgIpc) is 0.819. The Balaban J connectivity index is 0.955. The van der Waals surface area contributed by atoms with Crippen LogP contribution in [-0.4, -0.2) is 392 Å². The van der Waals surface area contributed by atoms with Gasteiger partial charge in [0.15, 0.2) is 18.9 Å². The maximum Gasteiger partial charge on any atom is 0.227 e. The fraction of sp³-hybridized carbons (Fsp3) is 0.714. The number of hydrogen-bond donors (Lipinski definition) is 20. The SMILES string of the molecule is CC(=O)N[C@H]1[C@H](OCCCCC(=O)NCCCNC(=O)CCOCC(COCCC(=O)NCCCNC(=O)CCCCO[C@@H]2O[C@H](CO)[C@H](O)[C@H](O)[C@H]2NC(C)=O)(COCCC(=O)NCCCNC(=O)CCCCO[C@@H]2O[C@H](CO)[C@H](O)[C@H](O)[C@H]2NC(C)=O)NC(=O)CCOCCOCCOCCOCCNC(=O)CCC(=O)N2Cc3ccccc3C#Cc3ccccc32)O[C@H](CO)[C@H](O)[C@@H]1O. The molecule has 0 spiro atoms. The quantitative estimate of drug-likeness (QED) is 0.0217. The van der Waals surface area contributed by atoms with E-state index in [0.717, 1.165) is 16.7 Å². The molecule has 4 aliphatic rings. The minimum atomic E-state index is -1.53. The van der Waals surface area contributed by atoms with Crippen LogP contribution in [0.5, 0.6) is 0 Å². The maximum absolute atomic E-state index is 14.0. The van der Waals surface area contributed by atoms with E-state index in [1.54, 1.807) is 4.90 Å². The number of unbranched alkanes of at least 4 members (excludes halogenated alkanes) is 3. The van der Waals surface area contributed by atoms with E-state index in [4.69, 9.17) is 61.6 Å². The highest BCUT2D eigenvalue weighted by Gasteiger charge is 2.48. The standard InChI is InChI=1S/C91H144N12O34/c1-60(107)99-79-85(122)82(119)67(54-104)135-88(79)132-39-11-8-21-70(110)92-32-14-35-95-74(114)28-43-129-57-91(58-130-44-29-75(115)96-36-15-33-93-71(111)22-9-12-40-133-89-80(100-61(2)108)86(123)83(120)68(55-105)136-89,59-131-45-30-76(116)97-37-16-34-94-72(112)23-10-13-41-134-90-81(101-62(3)109)87(124)84(121)69(56-106)137-90)102-77(117)31-42-125-47-49-127-51-52-128-50-48-126-46-38-98-73(113)26-27-78(118)103-53-65-19-5-4-17-63(65)24-25-64-18-6-7-20-66(64)103/h4-7,17-20,67-69,79-90,104-106,119-124H,8-16,21-23,26-59H2,1-3H3,(H,92,110)(H,93,111)(H,94,112)(H,95,114)(H,96,115)(H,97,116)(H,98,113)(H,99,107)(H,100,108)(H,101,109)(H,102,117)/t67-,68-,69-,79-,80-,81-,82+,83+,84+,85-,86-,87-,88-,89-,90-/m1/s1. The monoisotopic (exact) mass is 1950 g/mol. The number of nitrogens with one attached hydrogen (secondary N) is 11. The van der Waals surface area contributed by atoms with Gasteiger partial charge in [0.25, 0.3) is 0 Å². The molecule has 12 amide bonds. The molecule has 46 heteroatoms. The van der Waals surface area contributed by atoms with Gasteiger partial charge in [0.2, 0.25) is 70.9 Å². The summed E-state index contributed by atoms with van der Waals surface area (Å²) in [7, 11) is 0. The zero-order chi connectivity index (χ0) is 99.5. The molecule has 20 N–H and O–H groups in total. The second-order valence-corrected chi connectivity index (χ2v) is 33.1. The molecule has 0 aromatic heterocycles. The van der Waals surface area contributed by atoms with Gasteiger partial charge in [-0.05, 0) is 81.5 Å². The van der Waals surface area contributed by atoms with Crippen LogP contribution in [0.25, 0.3) is 0 Å². The molecule has 772 valence electrons. The van der Waals surface area contributed by atoms with E-state index in [-0.39, 0.29) is 245 Å². The number of aliphatic hydroxyl groups excluding tert-OH is 9. The van der Waals surface area contributed by atoms with Gasteiger partial charge in [0, 0.05) is 155 Å². The fourth-order valence-corrected chi connectivity index (χ4v) is 14.5. The Morgan fingerprint density at radius 3 is 1.04 bits per heavy atom. The molecule has 3 fully saturated rings. The van der Waals surface area contributed by atoms with Gasteiger partial charge in [-0.25, -0.2) is 0 Å². The number of aliphatic hydroxyl groups is 9. The average molecular weight is 1950 g/mol. The minimum absolute atomic E-state index is 0.00640. The minimum Gasteiger partial charge on any atom is -0.394 e. The molecule has 4 aliphatic heterocycles. The molecule has 15 atom stereocenters. The lowest BCUT2D eigenvalue weighted by atomic mass is 9.97. The van der Waals surface area contributed by atoms with Crippen molar-refractivity contribution < 1.29 is 165 Å². The van der Waals surface area contributed by atoms with Crippen LogP contribution in [0, 0.1) is 11.8 Å². The molecular weight excluding hydrogens is 1810 g/mol. The summed E-state index contributed by atoms with van der Waals surface area (Å²) < 4.78 is 74.9. The van der Waals surface area contributed by atoms with Gasteiger partial charge in [0.1, 0.15) is 78.6 Å². The molecule has 2 aromatic carbocycles. The highest BCUT2D eigenvalue weighted by molar-refractivity contribution is 5.97. The summed E-state index contributed by atoms with van der Waals surface area (Å²) in [4.78, 5) is 155. The number of para-hydroxylation sites is 1. The van der Waals surface area contributed by atoms with E-state index in [1.807, 2.05) is 48.5 Å². The maximum atomic E-state index is 14.0. The number of benzene rings is 2. The first-order valence-corrected chi connectivity index (χ1v) is 46.8. The molecule has 3 saturated heterocycles. The van der Waals surface area contributed by atoms with Crippen molar-refractivity contribution in [3.63, 3.8) is 0 Å². The molecule has 6 rings (SSSR count). The van der Waals surface area contributed by atoms with Crippen molar-refractivity contribution in [2.45, 2.75) is 240 Å². The van der Waals surface area contributed by atoms with Crippen molar-refractivity contribution >= 4 is 76.6 Å². The smallest absolute Gasteiger partial charge is 0.227 e. The van der Waals surface area contributed by atoms with Gasteiger partial charge in [-0.15, -0.1) is 0 Å². The number of hydrogen-bond acceptors (Lipinski definition) is 34. The summed E-state index contributed by atoms with van der Waals surface area (Å²) in [5.74, 6) is 1.77. The van der Waals surface area contributed by atoms with Gasteiger partial charge in [-0.2, -0.15) is 0 Å². The van der Waals surface area contributed by atoms with Crippen LogP contribution >= 0.6 is 0 Å². The van der Waals surface area contributed by atoms with Crippen molar-refractivity contribution in [2.24, 2.45) is 0 Å². The Morgan fingerprint density at radius 1 is 0.343 bits per heavy atom. The third-order valence-corrected chi connectivity index (χ3v) is 21.8. The third kappa shape index (κ3) is 45.7. The predicted molar refractivity (Wildman–Crippen MR) is 485 cm³/mol. The largest absolute Gasteiger partial charge is 0.394 e. The Bertz CT molecular complexity index is 3780. The summed E-state index contributed by atoms with van der Waals surface area (Å²) in [6.07, 6.45) is -12.8. The Morgan fingerprint density at radius 2 is 0.657 bits per heavy atom. The van der Waals surface area contributed by atoms with Crippen LogP contribution in [0.4, 0.5) is 5.69 Å². The van der Waals surface area contributed by atoms with Crippen molar-refractivity contribution in [3.8, 4) is 11.8 Å². The first-order valence-electron chi connectivity index (χ1n) is 46.8. The predicted octanol–water partition coefficient (Wildman–Crippen LogP) is -5.38. The lowest BCUT2D eigenvalue weighted by Crippen LogP contribution is -2.64. The van der Waals surface area contributed by atoms with E-state index in [0.29, 0.717) is 70.0 Å². The van der Waals surface area contributed by atoms with Gasteiger partial charge in [-0.3, -0.25) is 57.5 Å². The Hall–Kier alpha value is -9.24. The lowest BCUT2D eigenvalue weighted by molar-refractivity contribution is -0.270. The molecule has 0 unspecified atom stereocenters.